The van der Waals surface area contributed by atoms with Crippen LogP contribution in [0.25, 0.3) is 21.5 Å². The van der Waals surface area contributed by atoms with Gasteiger partial charge in [0.05, 0.1) is 0 Å². The summed E-state index contributed by atoms with van der Waals surface area (Å²) < 4.78 is 33.5. The molecule has 0 aliphatic rings. The van der Waals surface area contributed by atoms with E-state index in [1.165, 1.54) is 32.2 Å². The van der Waals surface area contributed by atoms with Crippen LogP contribution in [0.3, 0.4) is 0 Å². The topological polar surface area (TPSA) is 74.6 Å². The van der Waals surface area contributed by atoms with E-state index in [0.717, 1.165) is 0 Å². The SMILES string of the molecule is O=[Se](=O)(O)O.c1c[se]c(P(c2ccc3ccccc3c2)c2ccc3ccccc3c2)c1. The number of rotatable bonds is 3. The molecule has 5 rings (SSSR count). The zero-order chi connectivity index (χ0) is 21.8. The Bertz CT molecular complexity index is 1340. The first-order chi connectivity index (χ1) is 14.9. The first kappa shape index (κ1) is 22.1. The zero-order valence-corrected chi connectivity index (χ0v) is 20.6. The van der Waals surface area contributed by atoms with E-state index in [0.29, 0.717) is 14.5 Å². The van der Waals surface area contributed by atoms with Crippen molar-refractivity contribution in [1.29, 1.82) is 0 Å². The summed E-state index contributed by atoms with van der Waals surface area (Å²) in [6, 6.07) is 35.9. The van der Waals surface area contributed by atoms with Gasteiger partial charge >= 0.3 is 190 Å². The van der Waals surface area contributed by atoms with Crippen LogP contribution in [0.5, 0.6) is 0 Å². The monoisotopic (exact) mass is 562 g/mol. The van der Waals surface area contributed by atoms with Gasteiger partial charge in [-0.25, -0.2) is 0 Å². The summed E-state index contributed by atoms with van der Waals surface area (Å²) in [7, 11) is -0.472. The van der Waals surface area contributed by atoms with Gasteiger partial charge in [-0.3, -0.25) is 0 Å². The number of fused-ring (bicyclic) bond motifs is 2. The molecule has 4 aromatic carbocycles. The molecule has 1 aromatic heterocycles. The Hall–Kier alpha value is -2.13. The molecule has 1 heterocycles. The number of hydrogen-bond acceptors (Lipinski definition) is 2. The molecule has 31 heavy (non-hydrogen) atoms. The summed E-state index contributed by atoms with van der Waals surface area (Å²) in [5.41, 5.74) is 0. The molecule has 0 fully saturated rings. The fraction of sp³-hybridized carbons (Fsp3) is 0. The van der Waals surface area contributed by atoms with Crippen molar-refractivity contribution in [2.45, 2.75) is 0 Å². The van der Waals surface area contributed by atoms with Crippen LogP contribution in [0.1, 0.15) is 0 Å². The van der Waals surface area contributed by atoms with Gasteiger partial charge in [-0.1, -0.05) is 0 Å². The van der Waals surface area contributed by atoms with Crippen LogP contribution in [-0.2, 0) is 7.67 Å². The van der Waals surface area contributed by atoms with Gasteiger partial charge in [-0.15, -0.1) is 0 Å². The first-order valence-electron chi connectivity index (χ1n) is 9.40. The van der Waals surface area contributed by atoms with Crippen molar-refractivity contribution in [3.8, 4) is 0 Å². The summed E-state index contributed by atoms with van der Waals surface area (Å²) in [6.07, 6.45) is 0. The first-order valence-corrected chi connectivity index (χ1v) is 15.5. The van der Waals surface area contributed by atoms with Crippen molar-refractivity contribution in [2.75, 3.05) is 0 Å². The standard InChI is InChI=1S/C24H17PSe.H2O4Se/c1-3-8-20-16-22(13-11-18(20)6-1)25(24-10-5-15-26-24)23-14-12-19-7-2-4-9-21(19)17-23;1-5(2,3)4/h1-17H;(H2,1,2,3,4). The van der Waals surface area contributed by atoms with Gasteiger partial charge in [-0.05, 0) is 0 Å². The normalized spacial score (nSPS) is 11.5. The molecule has 156 valence electrons. The maximum absolute atomic E-state index is 8.82. The molecular weight excluding hydrogens is 541 g/mol. The Morgan fingerprint density at radius 3 is 1.48 bits per heavy atom. The van der Waals surface area contributed by atoms with Crippen molar-refractivity contribution in [3.63, 3.8) is 0 Å². The fourth-order valence-electron chi connectivity index (χ4n) is 3.43. The van der Waals surface area contributed by atoms with Crippen molar-refractivity contribution in [2.24, 2.45) is 0 Å². The molecule has 0 bridgehead atoms. The van der Waals surface area contributed by atoms with E-state index < -0.39 is 21.3 Å². The van der Waals surface area contributed by atoms with E-state index in [4.69, 9.17) is 16.0 Å². The molecule has 0 aliphatic carbocycles. The molecule has 2 N–H and O–H groups in total. The molecule has 0 saturated carbocycles. The van der Waals surface area contributed by atoms with Crippen LogP contribution in [0.15, 0.2) is 102 Å². The molecule has 0 unspecified atom stereocenters. The van der Waals surface area contributed by atoms with E-state index in [2.05, 4.69) is 102 Å². The zero-order valence-electron chi connectivity index (χ0n) is 16.3. The Balaban J connectivity index is 0.000000418. The second-order valence-corrected chi connectivity index (χ2v) is 13.5. The van der Waals surface area contributed by atoms with Gasteiger partial charge in [-0.2, -0.15) is 0 Å². The second kappa shape index (κ2) is 9.56. The number of hydrogen-bond donors (Lipinski definition) is 2. The molecule has 0 saturated heterocycles. The van der Waals surface area contributed by atoms with Gasteiger partial charge in [0.1, 0.15) is 0 Å². The van der Waals surface area contributed by atoms with Crippen molar-refractivity contribution < 1.29 is 16.0 Å². The van der Waals surface area contributed by atoms with Crippen LogP contribution in [0.4, 0.5) is 0 Å². The average molecular weight is 560 g/mol. The van der Waals surface area contributed by atoms with Gasteiger partial charge in [0.2, 0.25) is 0 Å². The van der Waals surface area contributed by atoms with Crippen LogP contribution < -0.4 is 14.8 Å². The predicted molar refractivity (Wildman–Crippen MR) is 129 cm³/mol. The summed E-state index contributed by atoms with van der Waals surface area (Å²) in [5, 5.41) is 8.19. The van der Waals surface area contributed by atoms with Crippen molar-refractivity contribution in [3.05, 3.63) is 102 Å². The molecule has 0 aliphatic heterocycles. The van der Waals surface area contributed by atoms with Crippen LogP contribution in [-0.4, -0.2) is 36.2 Å². The molecule has 4 nitrogen and oxygen atoms in total. The van der Waals surface area contributed by atoms with Crippen molar-refractivity contribution in [1.82, 2.24) is 0 Å². The third-order valence-electron chi connectivity index (χ3n) is 4.71. The third kappa shape index (κ3) is 5.77. The van der Waals surface area contributed by atoms with E-state index >= 15 is 0 Å². The minimum absolute atomic E-state index is 0.461. The average Bonchev–Trinajstić information content (AvgIpc) is 3.27. The van der Waals surface area contributed by atoms with E-state index in [9.17, 15) is 0 Å². The quantitative estimate of drug-likeness (QED) is 0.263. The number of benzene rings is 4. The van der Waals surface area contributed by atoms with Crippen molar-refractivity contribution >= 4 is 72.1 Å². The molecule has 0 radical (unpaired) electrons. The van der Waals surface area contributed by atoms with Crippen LogP contribution >= 0.6 is 7.92 Å². The molecular formula is C24H19O4PSe2. The van der Waals surface area contributed by atoms with Gasteiger partial charge in [0, 0.05) is 0 Å². The molecule has 5 aromatic rings. The third-order valence-corrected chi connectivity index (χ3v) is 9.99. The Morgan fingerprint density at radius 1 is 0.613 bits per heavy atom. The fourth-order valence-corrected chi connectivity index (χ4v) is 8.82. The minimum atomic E-state index is -5.25. The summed E-state index contributed by atoms with van der Waals surface area (Å²) in [4.78, 5) is 2.33. The Morgan fingerprint density at radius 2 is 1.06 bits per heavy atom. The Labute approximate surface area is 189 Å². The molecule has 0 amide bonds. The Kier molecular flexibility index (Phi) is 6.81. The van der Waals surface area contributed by atoms with Crippen LogP contribution in [0.2, 0.25) is 0 Å². The molecule has 0 spiro atoms. The van der Waals surface area contributed by atoms with E-state index in [1.807, 2.05) is 0 Å². The molecule has 7 heteroatoms. The van der Waals surface area contributed by atoms with Gasteiger partial charge in [0.15, 0.2) is 0 Å². The molecule has 0 atom stereocenters. The predicted octanol–water partition coefficient (Wildman–Crippen LogP) is 3.08. The second-order valence-electron chi connectivity index (χ2n) is 6.80. The summed E-state index contributed by atoms with van der Waals surface area (Å²) in [5.74, 6) is 0. The van der Waals surface area contributed by atoms with E-state index in [1.54, 1.807) is 4.18 Å². The van der Waals surface area contributed by atoms with Gasteiger partial charge in [0.25, 0.3) is 0 Å². The van der Waals surface area contributed by atoms with Crippen LogP contribution in [0, 0.1) is 0 Å². The summed E-state index contributed by atoms with van der Waals surface area (Å²) in [6.45, 7) is 0. The van der Waals surface area contributed by atoms with E-state index in [-0.39, 0.29) is 0 Å². The van der Waals surface area contributed by atoms with Gasteiger partial charge < -0.3 is 0 Å². The summed E-state index contributed by atoms with van der Waals surface area (Å²) >= 11 is -4.79. The maximum atomic E-state index is 8.82.